The molecule has 0 aliphatic carbocycles. The summed E-state index contributed by atoms with van der Waals surface area (Å²) < 4.78 is 25.2. The number of rotatable bonds is 6. The van der Waals surface area contributed by atoms with Crippen molar-refractivity contribution >= 4 is 17.6 Å². The summed E-state index contributed by atoms with van der Waals surface area (Å²) in [6.45, 7) is 4.48. The second-order valence-corrected chi connectivity index (χ2v) is 8.23. The Morgan fingerprint density at radius 3 is 2.31 bits per heavy atom. The second-order valence-electron chi connectivity index (χ2n) is 8.23. The van der Waals surface area contributed by atoms with Gasteiger partial charge in [0, 0.05) is 43.5 Å². The second kappa shape index (κ2) is 10.0. The highest BCUT2D eigenvalue weighted by molar-refractivity contribution is 5.91. The van der Waals surface area contributed by atoms with Gasteiger partial charge < -0.3 is 19.1 Å². The van der Waals surface area contributed by atoms with Crippen molar-refractivity contribution in [3.05, 3.63) is 84.1 Å². The Bertz CT molecular complexity index is 1340. The molecule has 9 nitrogen and oxygen atoms in total. The first kappa shape index (κ1) is 23.3. The van der Waals surface area contributed by atoms with Gasteiger partial charge in [-0.05, 0) is 49.4 Å². The minimum atomic E-state index is -0.519. The first-order valence-corrected chi connectivity index (χ1v) is 11.6. The predicted octanol–water partition coefficient (Wildman–Crippen LogP) is 3.81. The molecule has 1 saturated heterocycles. The lowest BCUT2D eigenvalue weighted by Gasteiger charge is -2.35. The molecule has 0 radical (unpaired) electrons. The Labute approximate surface area is 206 Å². The van der Waals surface area contributed by atoms with Crippen molar-refractivity contribution in [2.75, 3.05) is 37.7 Å². The fraction of sp³-hybridized carbons (Fsp3) is 0.231. The van der Waals surface area contributed by atoms with Crippen LogP contribution in [0.15, 0.2) is 71.4 Å². The molecule has 1 fully saturated rings. The highest BCUT2D eigenvalue weighted by Crippen LogP contribution is 2.27. The quantitative estimate of drug-likeness (QED) is 0.380. The van der Waals surface area contributed by atoms with Gasteiger partial charge in [0.25, 0.3) is 5.91 Å². The minimum absolute atomic E-state index is 0.158. The lowest BCUT2D eigenvalue weighted by Crippen LogP contribution is -2.48. The maximum Gasteiger partial charge on any atom is 0.358 e. The Kier molecular flexibility index (Phi) is 6.48. The van der Waals surface area contributed by atoms with Crippen LogP contribution in [-0.4, -0.2) is 64.5 Å². The van der Waals surface area contributed by atoms with E-state index in [1.807, 2.05) is 24.3 Å². The molecule has 2 aromatic heterocycles. The molecule has 1 amide bonds. The van der Waals surface area contributed by atoms with Crippen LogP contribution in [0.4, 0.5) is 10.1 Å². The molecule has 0 N–H and O–H groups in total. The molecule has 2 aromatic carbocycles. The van der Waals surface area contributed by atoms with Gasteiger partial charge in [-0.15, -0.1) is 0 Å². The molecule has 0 atom stereocenters. The zero-order valence-corrected chi connectivity index (χ0v) is 19.6. The number of nitrogens with zero attached hydrogens (tertiary/aromatic N) is 5. The third-order valence-corrected chi connectivity index (χ3v) is 6.01. The zero-order chi connectivity index (χ0) is 25.1. The van der Waals surface area contributed by atoms with E-state index in [4.69, 9.17) is 9.26 Å². The number of halogens is 1. The van der Waals surface area contributed by atoms with Gasteiger partial charge in [0.15, 0.2) is 5.69 Å². The number of benzene rings is 2. The van der Waals surface area contributed by atoms with Crippen LogP contribution in [0.1, 0.15) is 28.0 Å². The van der Waals surface area contributed by atoms with Gasteiger partial charge >= 0.3 is 5.97 Å². The molecule has 1 aliphatic rings. The van der Waals surface area contributed by atoms with Crippen molar-refractivity contribution in [3.63, 3.8) is 0 Å². The van der Waals surface area contributed by atoms with Crippen molar-refractivity contribution < 1.29 is 23.2 Å². The number of esters is 1. The summed E-state index contributed by atoms with van der Waals surface area (Å²) in [5.41, 5.74) is 3.33. The number of amides is 1. The van der Waals surface area contributed by atoms with E-state index in [1.54, 1.807) is 40.8 Å². The number of carbonyl (C=O) groups excluding carboxylic acids is 2. The van der Waals surface area contributed by atoms with Gasteiger partial charge in [0.2, 0.25) is 5.76 Å². The van der Waals surface area contributed by atoms with Gasteiger partial charge in [-0.3, -0.25) is 4.79 Å². The average molecular weight is 490 g/mol. The van der Waals surface area contributed by atoms with Gasteiger partial charge in [-0.1, -0.05) is 17.3 Å². The van der Waals surface area contributed by atoms with Crippen LogP contribution >= 0.6 is 0 Å². The molecular weight excluding hydrogens is 465 g/mol. The molecule has 5 rings (SSSR count). The molecule has 0 saturated carbocycles. The summed E-state index contributed by atoms with van der Waals surface area (Å²) in [5, 5.41) is 8.02. The van der Waals surface area contributed by atoms with Crippen LogP contribution in [0.5, 0.6) is 0 Å². The summed E-state index contributed by atoms with van der Waals surface area (Å²) in [6, 6.07) is 17.0. The SMILES string of the molecule is CCOC(=O)c1cc(-c2ccc(N3CCN(C(=O)c4ccno4)CC3)cc2)n(-c2ccc(F)cc2)n1. The number of piperazine rings is 1. The van der Waals surface area contributed by atoms with Gasteiger partial charge in [0.1, 0.15) is 5.82 Å². The largest absolute Gasteiger partial charge is 0.461 e. The smallest absolute Gasteiger partial charge is 0.358 e. The number of carbonyl (C=O) groups is 2. The van der Waals surface area contributed by atoms with E-state index < -0.39 is 5.97 Å². The Hall–Kier alpha value is -4.47. The average Bonchev–Trinajstić information content (AvgIpc) is 3.60. The number of aromatic nitrogens is 3. The van der Waals surface area contributed by atoms with E-state index in [0.29, 0.717) is 37.6 Å². The normalized spacial score (nSPS) is 13.6. The molecule has 3 heterocycles. The molecule has 0 unspecified atom stereocenters. The fourth-order valence-corrected chi connectivity index (χ4v) is 4.16. The van der Waals surface area contributed by atoms with E-state index >= 15 is 0 Å². The van der Waals surface area contributed by atoms with Gasteiger partial charge in [-0.25, -0.2) is 13.9 Å². The summed E-state index contributed by atoms with van der Waals surface area (Å²) in [7, 11) is 0. The van der Waals surface area contributed by atoms with Crippen LogP contribution in [0.2, 0.25) is 0 Å². The number of hydrogen-bond donors (Lipinski definition) is 0. The van der Waals surface area contributed by atoms with Crippen molar-refractivity contribution in [2.45, 2.75) is 6.92 Å². The fourth-order valence-electron chi connectivity index (χ4n) is 4.16. The Morgan fingerprint density at radius 1 is 0.972 bits per heavy atom. The summed E-state index contributed by atoms with van der Waals surface area (Å²) >= 11 is 0. The molecule has 0 bridgehead atoms. The maximum absolute atomic E-state index is 13.5. The number of ether oxygens (including phenoxy) is 1. The molecule has 0 spiro atoms. The monoisotopic (exact) mass is 489 g/mol. The molecule has 184 valence electrons. The molecule has 10 heteroatoms. The van der Waals surface area contributed by atoms with Crippen molar-refractivity contribution in [1.82, 2.24) is 19.8 Å². The molecular formula is C26H24FN5O4. The van der Waals surface area contributed by atoms with E-state index in [0.717, 1.165) is 11.3 Å². The molecule has 36 heavy (non-hydrogen) atoms. The number of hydrogen-bond acceptors (Lipinski definition) is 7. The Morgan fingerprint density at radius 2 is 1.67 bits per heavy atom. The highest BCUT2D eigenvalue weighted by atomic mass is 19.1. The van der Waals surface area contributed by atoms with E-state index in [-0.39, 0.29) is 29.8 Å². The van der Waals surface area contributed by atoms with Gasteiger partial charge in [-0.2, -0.15) is 5.10 Å². The van der Waals surface area contributed by atoms with Gasteiger partial charge in [0.05, 0.1) is 24.2 Å². The van der Waals surface area contributed by atoms with Crippen LogP contribution in [0.3, 0.4) is 0 Å². The van der Waals surface area contributed by atoms with E-state index in [9.17, 15) is 14.0 Å². The maximum atomic E-state index is 13.5. The van der Waals surface area contributed by atoms with Crippen molar-refractivity contribution in [1.29, 1.82) is 0 Å². The summed E-state index contributed by atoms with van der Waals surface area (Å²) in [5.74, 6) is -0.791. The topological polar surface area (TPSA) is 93.7 Å². The van der Waals surface area contributed by atoms with Crippen molar-refractivity contribution in [3.8, 4) is 16.9 Å². The van der Waals surface area contributed by atoms with Crippen LogP contribution in [0.25, 0.3) is 16.9 Å². The minimum Gasteiger partial charge on any atom is -0.461 e. The zero-order valence-electron chi connectivity index (χ0n) is 19.6. The number of anilines is 1. The van der Waals surface area contributed by atoms with Crippen LogP contribution < -0.4 is 4.90 Å². The summed E-state index contributed by atoms with van der Waals surface area (Å²) in [6.07, 6.45) is 1.46. The third-order valence-electron chi connectivity index (χ3n) is 6.01. The Balaban J connectivity index is 1.35. The van der Waals surface area contributed by atoms with Crippen LogP contribution in [-0.2, 0) is 4.74 Å². The third kappa shape index (κ3) is 4.70. The predicted molar refractivity (Wildman–Crippen MR) is 130 cm³/mol. The first-order valence-electron chi connectivity index (χ1n) is 11.6. The highest BCUT2D eigenvalue weighted by Gasteiger charge is 2.24. The first-order chi connectivity index (χ1) is 17.5. The standard InChI is InChI=1S/C26H24FN5O4/c1-2-35-26(34)22-17-23(32(29-22)21-9-5-19(27)6-10-21)18-3-7-20(8-4-18)30-13-15-31(16-14-30)25(33)24-11-12-28-36-24/h3-12,17H,2,13-16H2,1H3. The van der Waals surface area contributed by atoms with E-state index in [2.05, 4.69) is 15.2 Å². The molecule has 4 aromatic rings. The lowest BCUT2D eigenvalue weighted by molar-refractivity contribution is 0.0518. The lowest BCUT2D eigenvalue weighted by atomic mass is 10.1. The van der Waals surface area contributed by atoms with E-state index in [1.165, 1.54) is 18.3 Å². The summed E-state index contributed by atoms with van der Waals surface area (Å²) in [4.78, 5) is 28.8. The van der Waals surface area contributed by atoms with Crippen LogP contribution in [0, 0.1) is 5.82 Å². The van der Waals surface area contributed by atoms with Crippen molar-refractivity contribution in [2.24, 2.45) is 0 Å². The molecule has 1 aliphatic heterocycles.